The van der Waals surface area contributed by atoms with Crippen LogP contribution in [0.4, 0.5) is 4.39 Å². The van der Waals surface area contributed by atoms with Crippen LogP contribution in [0.25, 0.3) is 0 Å². The van der Waals surface area contributed by atoms with Gasteiger partial charge >= 0.3 is 0 Å². The Kier molecular flexibility index (Phi) is 8.59. The summed E-state index contributed by atoms with van der Waals surface area (Å²) in [6.45, 7) is 5.21. The molecule has 1 aromatic rings. The largest absolute Gasteiger partial charge is 0.486 e. The van der Waals surface area contributed by atoms with Gasteiger partial charge in [0.1, 0.15) is 19.4 Å². The number of carbonyl (C=O) groups excluding carboxylic acids is 1. The Balaban J connectivity index is 1.56. The number of alkyl halides is 1. The summed E-state index contributed by atoms with van der Waals surface area (Å²) >= 11 is 0. The number of fused-ring (bicyclic) bond motifs is 1. The molecule has 162 valence electrons. The van der Waals surface area contributed by atoms with Crippen molar-refractivity contribution in [1.82, 2.24) is 10.2 Å². The first kappa shape index (κ1) is 21.9. The van der Waals surface area contributed by atoms with E-state index >= 15 is 0 Å². The molecule has 0 saturated carbocycles. The Morgan fingerprint density at radius 3 is 2.76 bits per heavy atom. The summed E-state index contributed by atoms with van der Waals surface area (Å²) in [4.78, 5) is 14.6. The van der Waals surface area contributed by atoms with E-state index in [0.717, 1.165) is 36.4 Å². The molecular formula is C23H35FN2O3. The number of nitrogens with zero attached hydrogens (tertiary/aromatic N) is 1. The summed E-state index contributed by atoms with van der Waals surface area (Å²) < 4.78 is 24.9. The third-order valence-electron chi connectivity index (χ3n) is 5.65. The Hall–Kier alpha value is -1.82. The van der Waals surface area contributed by atoms with Crippen LogP contribution in [0.3, 0.4) is 0 Å². The molecule has 3 rings (SSSR count). The third-order valence-corrected chi connectivity index (χ3v) is 5.65. The molecule has 2 aliphatic rings. The highest BCUT2D eigenvalue weighted by atomic mass is 19.1. The lowest BCUT2D eigenvalue weighted by molar-refractivity contribution is -0.122. The number of halogens is 1. The van der Waals surface area contributed by atoms with E-state index in [2.05, 4.69) is 17.1 Å². The van der Waals surface area contributed by atoms with Crippen LogP contribution in [-0.4, -0.2) is 55.9 Å². The summed E-state index contributed by atoms with van der Waals surface area (Å²) in [5.41, 5.74) is 1.10. The van der Waals surface area contributed by atoms with Gasteiger partial charge < -0.3 is 14.8 Å². The molecular weight excluding hydrogens is 371 g/mol. The van der Waals surface area contributed by atoms with Crippen LogP contribution in [0.15, 0.2) is 18.2 Å². The van der Waals surface area contributed by atoms with Crippen LogP contribution < -0.4 is 14.8 Å². The van der Waals surface area contributed by atoms with Crippen LogP contribution in [0.2, 0.25) is 0 Å². The lowest BCUT2D eigenvalue weighted by Crippen LogP contribution is -2.44. The van der Waals surface area contributed by atoms with E-state index in [9.17, 15) is 9.18 Å². The summed E-state index contributed by atoms with van der Waals surface area (Å²) in [5, 5.41) is 3.20. The minimum atomic E-state index is -0.751. The van der Waals surface area contributed by atoms with E-state index in [1.807, 2.05) is 18.2 Å². The minimum absolute atomic E-state index is 0.0361. The number of ether oxygens (including phenoxy) is 2. The first-order chi connectivity index (χ1) is 14.1. The normalized spacial score (nSPS) is 19.9. The molecule has 0 aromatic heterocycles. The Bertz CT molecular complexity index is 655. The lowest BCUT2D eigenvalue weighted by atomic mass is 10.0. The van der Waals surface area contributed by atoms with Gasteiger partial charge in [-0.15, -0.1) is 0 Å². The topological polar surface area (TPSA) is 50.8 Å². The quantitative estimate of drug-likeness (QED) is 0.567. The van der Waals surface area contributed by atoms with Crippen LogP contribution in [0.1, 0.15) is 57.4 Å². The van der Waals surface area contributed by atoms with Crippen molar-refractivity contribution < 1.29 is 18.7 Å². The number of carbonyl (C=O) groups is 1. The molecule has 0 radical (unpaired) electrons. The average molecular weight is 407 g/mol. The van der Waals surface area contributed by atoms with Crippen molar-refractivity contribution in [2.45, 2.75) is 70.5 Å². The summed E-state index contributed by atoms with van der Waals surface area (Å²) in [5.74, 6) is 1.63. The molecule has 2 atom stereocenters. The van der Waals surface area contributed by atoms with Gasteiger partial charge in [-0.25, -0.2) is 4.39 Å². The molecule has 0 unspecified atom stereocenters. The molecule has 1 saturated heterocycles. The molecule has 5 nitrogen and oxygen atoms in total. The van der Waals surface area contributed by atoms with Crippen molar-refractivity contribution in [3.05, 3.63) is 23.8 Å². The van der Waals surface area contributed by atoms with Gasteiger partial charge in [0.05, 0.1) is 0 Å². The fraction of sp³-hybridized carbons (Fsp3) is 0.696. The third kappa shape index (κ3) is 7.18. The molecule has 0 spiro atoms. The summed E-state index contributed by atoms with van der Waals surface area (Å²) in [6, 6.07) is 5.93. The Morgan fingerprint density at radius 2 is 2.00 bits per heavy atom. The maximum atomic E-state index is 13.6. The van der Waals surface area contributed by atoms with Crippen molar-refractivity contribution in [3.8, 4) is 11.5 Å². The SMILES string of the molecule is CCCCCCCC(=O)N[C@@H](Cc1ccc2c(c1)OCCO2)CN1CC[C@@H](F)C1. The molecule has 29 heavy (non-hydrogen) atoms. The van der Waals surface area contributed by atoms with E-state index < -0.39 is 6.17 Å². The van der Waals surface area contributed by atoms with Crippen LogP contribution >= 0.6 is 0 Å². The number of nitrogens with one attached hydrogen (secondary N) is 1. The molecule has 1 N–H and O–H groups in total. The van der Waals surface area contributed by atoms with Crippen molar-refractivity contribution in [1.29, 1.82) is 0 Å². The fourth-order valence-corrected chi connectivity index (χ4v) is 4.11. The number of hydrogen-bond donors (Lipinski definition) is 1. The van der Waals surface area contributed by atoms with Gasteiger partial charge in [0.15, 0.2) is 11.5 Å². The second-order valence-corrected chi connectivity index (χ2v) is 8.26. The maximum Gasteiger partial charge on any atom is 0.220 e. The van der Waals surface area contributed by atoms with Crippen molar-refractivity contribution in [2.75, 3.05) is 32.8 Å². The number of unbranched alkanes of at least 4 members (excludes halogenated alkanes) is 4. The highest BCUT2D eigenvalue weighted by molar-refractivity contribution is 5.76. The highest BCUT2D eigenvalue weighted by Crippen LogP contribution is 2.31. The molecule has 1 fully saturated rings. The second kappa shape index (κ2) is 11.4. The summed E-state index contributed by atoms with van der Waals surface area (Å²) in [7, 11) is 0. The first-order valence-corrected chi connectivity index (χ1v) is 11.2. The average Bonchev–Trinajstić information content (AvgIpc) is 3.12. The van der Waals surface area contributed by atoms with Gasteiger partial charge in [0.2, 0.25) is 5.91 Å². The van der Waals surface area contributed by atoms with Gasteiger partial charge in [0, 0.05) is 32.1 Å². The number of amides is 1. The van der Waals surface area contributed by atoms with Gasteiger partial charge in [-0.2, -0.15) is 0 Å². The predicted octanol–water partition coefficient (Wildman–Crippen LogP) is 3.89. The molecule has 0 aliphatic carbocycles. The van der Waals surface area contributed by atoms with E-state index in [-0.39, 0.29) is 11.9 Å². The Morgan fingerprint density at radius 1 is 1.21 bits per heavy atom. The van der Waals surface area contributed by atoms with E-state index in [4.69, 9.17) is 9.47 Å². The van der Waals surface area contributed by atoms with Crippen molar-refractivity contribution in [2.24, 2.45) is 0 Å². The van der Waals surface area contributed by atoms with Gasteiger partial charge in [-0.1, -0.05) is 38.7 Å². The standard InChI is InChI=1S/C23H35FN2O3/c1-2-3-4-5-6-7-23(27)25-20(17-26-11-10-19(24)16-26)14-18-8-9-21-22(15-18)29-13-12-28-21/h8-9,15,19-20H,2-7,10-14,16-17H2,1H3,(H,25,27)/t19-,20+/m1/s1. The zero-order valence-corrected chi connectivity index (χ0v) is 17.6. The van der Waals surface area contributed by atoms with E-state index in [1.54, 1.807) is 0 Å². The maximum absolute atomic E-state index is 13.6. The predicted molar refractivity (Wildman–Crippen MR) is 112 cm³/mol. The molecule has 2 aliphatic heterocycles. The number of likely N-dealkylation sites (tertiary alicyclic amines) is 1. The number of benzene rings is 1. The highest BCUT2D eigenvalue weighted by Gasteiger charge is 2.25. The zero-order valence-electron chi connectivity index (χ0n) is 17.6. The van der Waals surface area contributed by atoms with Gasteiger partial charge in [0.25, 0.3) is 0 Å². The number of hydrogen-bond acceptors (Lipinski definition) is 4. The lowest BCUT2D eigenvalue weighted by Gasteiger charge is -2.25. The number of rotatable bonds is 11. The molecule has 6 heteroatoms. The van der Waals surface area contributed by atoms with E-state index in [0.29, 0.717) is 45.6 Å². The van der Waals surface area contributed by atoms with Crippen LogP contribution in [0.5, 0.6) is 11.5 Å². The van der Waals surface area contributed by atoms with Gasteiger partial charge in [-0.3, -0.25) is 9.69 Å². The van der Waals surface area contributed by atoms with Crippen LogP contribution in [-0.2, 0) is 11.2 Å². The van der Waals surface area contributed by atoms with Gasteiger partial charge in [-0.05, 0) is 37.0 Å². The molecule has 0 bridgehead atoms. The summed E-state index contributed by atoms with van der Waals surface area (Å²) in [6.07, 6.45) is 6.75. The van der Waals surface area contributed by atoms with Crippen LogP contribution in [0, 0.1) is 0 Å². The smallest absolute Gasteiger partial charge is 0.220 e. The van der Waals surface area contributed by atoms with Crippen molar-refractivity contribution >= 4 is 5.91 Å². The first-order valence-electron chi connectivity index (χ1n) is 11.2. The monoisotopic (exact) mass is 406 g/mol. The molecule has 1 aromatic carbocycles. The fourth-order valence-electron chi connectivity index (χ4n) is 4.11. The molecule has 2 heterocycles. The van der Waals surface area contributed by atoms with Crippen molar-refractivity contribution in [3.63, 3.8) is 0 Å². The van der Waals surface area contributed by atoms with E-state index in [1.165, 1.54) is 19.3 Å². The zero-order chi connectivity index (χ0) is 20.5. The minimum Gasteiger partial charge on any atom is -0.486 e. The second-order valence-electron chi connectivity index (χ2n) is 8.26. The Labute approximate surface area is 173 Å². The molecule has 1 amide bonds.